The Morgan fingerprint density at radius 2 is 1.86 bits per heavy atom. The molecule has 0 fully saturated rings. The van der Waals surface area contributed by atoms with Gasteiger partial charge in [-0.3, -0.25) is 4.79 Å². The smallest absolute Gasteiger partial charge is 0.328 e. The van der Waals surface area contributed by atoms with Crippen molar-refractivity contribution in [2.24, 2.45) is 0 Å². The number of carboxylic acids is 1. The minimum atomic E-state index is -1.33. The summed E-state index contributed by atoms with van der Waals surface area (Å²) in [6.45, 7) is 2.89. The second kappa shape index (κ2) is 8.12. The number of aliphatic carboxylic acids is 1. The van der Waals surface area contributed by atoms with E-state index in [0.29, 0.717) is 10.7 Å². The van der Waals surface area contributed by atoms with Crippen LogP contribution in [-0.4, -0.2) is 27.5 Å². The molecule has 0 saturated carbocycles. The number of carbonyl (C=O) groups is 2. The molecule has 0 aliphatic rings. The number of carboxylic acid groups (broad SMARTS) is 1. The molecule has 3 aromatic rings. The fourth-order valence-corrected chi connectivity index (χ4v) is 3.71. The first kappa shape index (κ1) is 20.0. The standard InChI is InChI=1S/C21H19ClN2O3S/c1-21(2,20(26)27)24-18(25)11-15-12-28-19(23-15)16-9-8-14(22)10-17(16)13-6-4-3-5-7-13/h3-10,12H,11H2,1-2H3,(H,24,25)(H,26,27). The SMILES string of the molecule is CC(C)(NC(=O)Cc1csc(-c2ccc(Cl)cc2-c2ccccc2)n1)C(=O)O. The van der Waals surface area contributed by atoms with Crippen molar-refractivity contribution in [3.05, 3.63) is 64.6 Å². The van der Waals surface area contributed by atoms with E-state index in [1.54, 1.807) is 0 Å². The number of hydrogen-bond acceptors (Lipinski definition) is 4. The molecule has 2 aromatic carbocycles. The minimum Gasteiger partial charge on any atom is -0.480 e. The summed E-state index contributed by atoms with van der Waals surface area (Å²) in [7, 11) is 0. The molecule has 1 aromatic heterocycles. The molecule has 28 heavy (non-hydrogen) atoms. The highest BCUT2D eigenvalue weighted by Gasteiger charge is 2.29. The summed E-state index contributed by atoms with van der Waals surface area (Å²) in [5, 5.41) is 14.9. The van der Waals surface area contributed by atoms with Crippen LogP contribution in [0.5, 0.6) is 0 Å². The van der Waals surface area contributed by atoms with Gasteiger partial charge in [0.2, 0.25) is 5.91 Å². The highest BCUT2D eigenvalue weighted by atomic mass is 35.5. The van der Waals surface area contributed by atoms with E-state index in [1.807, 2.05) is 53.9 Å². The van der Waals surface area contributed by atoms with E-state index in [-0.39, 0.29) is 12.3 Å². The summed E-state index contributed by atoms with van der Waals surface area (Å²) in [5.74, 6) is -1.47. The van der Waals surface area contributed by atoms with Crippen LogP contribution < -0.4 is 5.32 Å². The maximum atomic E-state index is 12.2. The minimum absolute atomic E-state index is 0.0153. The molecule has 0 aliphatic heterocycles. The number of nitrogens with one attached hydrogen (secondary N) is 1. The van der Waals surface area contributed by atoms with Gasteiger partial charge >= 0.3 is 5.97 Å². The fraction of sp³-hybridized carbons (Fsp3) is 0.190. The summed E-state index contributed by atoms with van der Waals surface area (Å²) in [4.78, 5) is 27.9. The zero-order valence-electron chi connectivity index (χ0n) is 15.4. The Morgan fingerprint density at radius 3 is 2.54 bits per heavy atom. The molecule has 0 spiro atoms. The molecule has 0 saturated heterocycles. The van der Waals surface area contributed by atoms with Gasteiger partial charge in [0, 0.05) is 16.0 Å². The van der Waals surface area contributed by atoms with Gasteiger partial charge < -0.3 is 10.4 Å². The quantitative estimate of drug-likeness (QED) is 0.615. The highest BCUT2D eigenvalue weighted by Crippen LogP contribution is 2.35. The number of amides is 1. The van der Waals surface area contributed by atoms with Gasteiger partial charge in [-0.1, -0.05) is 41.9 Å². The Kier molecular flexibility index (Phi) is 5.82. The first-order valence-corrected chi connectivity index (χ1v) is 9.86. The molecule has 0 aliphatic carbocycles. The number of carbonyl (C=O) groups excluding carboxylic acids is 1. The lowest BCUT2D eigenvalue weighted by atomic mass is 10.00. The maximum Gasteiger partial charge on any atom is 0.328 e. The highest BCUT2D eigenvalue weighted by molar-refractivity contribution is 7.13. The van der Waals surface area contributed by atoms with Crippen molar-refractivity contribution in [1.29, 1.82) is 0 Å². The number of hydrogen-bond donors (Lipinski definition) is 2. The van der Waals surface area contributed by atoms with E-state index in [4.69, 9.17) is 16.7 Å². The summed E-state index contributed by atoms with van der Waals surface area (Å²) in [6.07, 6.45) is 0.0153. The molecule has 0 atom stereocenters. The van der Waals surface area contributed by atoms with Crippen LogP contribution in [0.15, 0.2) is 53.9 Å². The first-order chi connectivity index (χ1) is 13.3. The largest absolute Gasteiger partial charge is 0.480 e. The molecule has 1 heterocycles. The number of benzene rings is 2. The first-order valence-electron chi connectivity index (χ1n) is 8.60. The topological polar surface area (TPSA) is 79.3 Å². The van der Waals surface area contributed by atoms with E-state index >= 15 is 0 Å². The van der Waals surface area contributed by atoms with Crippen LogP contribution in [0.25, 0.3) is 21.7 Å². The van der Waals surface area contributed by atoms with Gasteiger partial charge in [-0.2, -0.15) is 0 Å². The molecule has 0 radical (unpaired) electrons. The molecule has 1 amide bonds. The third kappa shape index (κ3) is 4.58. The molecule has 144 valence electrons. The third-order valence-corrected chi connectivity index (χ3v) is 5.34. The Bertz CT molecular complexity index is 1020. The van der Waals surface area contributed by atoms with Crippen molar-refractivity contribution in [2.45, 2.75) is 25.8 Å². The lowest BCUT2D eigenvalue weighted by Crippen LogP contribution is -2.50. The second-order valence-electron chi connectivity index (χ2n) is 6.86. The normalized spacial score (nSPS) is 11.2. The lowest BCUT2D eigenvalue weighted by Gasteiger charge is -2.20. The summed E-state index contributed by atoms with van der Waals surface area (Å²) in [6, 6.07) is 15.5. The number of aromatic nitrogens is 1. The number of nitrogens with zero attached hydrogens (tertiary/aromatic N) is 1. The monoisotopic (exact) mass is 414 g/mol. The lowest BCUT2D eigenvalue weighted by molar-refractivity contribution is -0.145. The zero-order chi connectivity index (χ0) is 20.3. The van der Waals surface area contributed by atoms with Gasteiger partial charge in [0.1, 0.15) is 10.5 Å². The van der Waals surface area contributed by atoms with Gasteiger partial charge in [-0.05, 0) is 43.2 Å². The predicted molar refractivity (Wildman–Crippen MR) is 112 cm³/mol. The van der Waals surface area contributed by atoms with Crippen molar-refractivity contribution in [3.63, 3.8) is 0 Å². The molecule has 0 unspecified atom stereocenters. The Morgan fingerprint density at radius 1 is 1.14 bits per heavy atom. The van der Waals surface area contributed by atoms with E-state index in [0.717, 1.165) is 21.7 Å². The fourth-order valence-electron chi connectivity index (χ4n) is 2.68. The zero-order valence-corrected chi connectivity index (χ0v) is 17.0. The van der Waals surface area contributed by atoms with Crippen LogP contribution in [0.4, 0.5) is 0 Å². The van der Waals surface area contributed by atoms with Crippen molar-refractivity contribution in [3.8, 4) is 21.7 Å². The summed E-state index contributed by atoms with van der Waals surface area (Å²) < 4.78 is 0. The summed E-state index contributed by atoms with van der Waals surface area (Å²) >= 11 is 7.63. The van der Waals surface area contributed by atoms with E-state index < -0.39 is 11.5 Å². The Labute approximate surface area is 172 Å². The van der Waals surface area contributed by atoms with Crippen molar-refractivity contribution in [1.82, 2.24) is 10.3 Å². The van der Waals surface area contributed by atoms with Crippen molar-refractivity contribution < 1.29 is 14.7 Å². The Hall–Kier alpha value is -2.70. The van der Waals surface area contributed by atoms with Crippen LogP contribution >= 0.6 is 22.9 Å². The van der Waals surface area contributed by atoms with Crippen molar-refractivity contribution >= 4 is 34.8 Å². The average Bonchev–Trinajstić information content (AvgIpc) is 3.09. The second-order valence-corrected chi connectivity index (χ2v) is 8.15. The van der Waals surface area contributed by atoms with E-state index in [9.17, 15) is 9.59 Å². The van der Waals surface area contributed by atoms with Crippen LogP contribution in [0.1, 0.15) is 19.5 Å². The number of halogens is 1. The molecule has 2 N–H and O–H groups in total. The van der Waals surface area contributed by atoms with Gasteiger partial charge in [-0.25, -0.2) is 9.78 Å². The van der Waals surface area contributed by atoms with Crippen LogP contribution in [-0.2, 0) is 16.0 Å². The average molecular weight is 415 g/mol. The predicted octanol–water partition coefficient (Wildman–Crippen LogP) is 4.65. The van der Waals surface area contributed by atoms with Gasteiger partial charge in [0.05, 0.1) is 12.1 Å². The molecule has 7 heteroatoms. The van der Waals surface area contributed by atoms with Gasteiger partial charge in [0.15, 0.2) is 0 Å². The van der Waals surface area contributed by atoms with Crippen LogP contribution in [0.2, 0.25) is 5.02 Å². The van der Waals surface area contributed by atoms with E-state index in [1.165, 1.54) is 25.2 Å². The van der Waals surface area contributed by atoms with Gasteiger partial charge in [-0.15, -0.1) is 11.3 Å². The molecule has 3 rings (SSSR count). The molecular weight excluding hydrogens is 396 g/mol. The molecule has 0 bridgehead atoms. The van der Waals surface area contributed by atoms with E-state index in [2.05, 4.69) is 10.3 Å². The Balaban J connectivity index is 1.85. The number of rotatable bonds is 6. The maximum absolute atomic E-state index is 12.2. The third-order valence-electron chi connectivity index (χ3n) is 4.18. The van der Waals surface area contributed by atoms with Crippen molar-refractivity contribution in [2.75, 3.05) is 0 Å². The number of thiazole rings is 1. The van der Waals surface area contributed by atoms with Crippen LogP contribution in [0.3, 0.4) is 0 Å². The molecular formula is C21H19ClN2O3S. The van der Waals surface area contributed by atoms with Crippen LogP contribution in [0, 0.1) is 0 Å². The molecule has 5 nitrogen and oxygen atoms in total. The van der Waals surface area contributed by atoms with Gasteiger partial charge in [0.25, 0.3) is 0 Å². The summed E-state index contributed by atoms with van der Waals surface area (Å²) in [5.41, 5.74) is 2.18.